The van der Waals surface area contributed by atoms with Crippen molar-refractivity contribution < 1.29 is 23.4 Å². The summed E-state index contributed by atoms with van der Waals surface area (Å²) >= 11 is 11.9. The van der Waals surface area contributed by atoms with Gasteiger partial charge < -0.3 is 10.2 Å². The topological polar surface area (TPSA) is 98.1 Å². The molecule has 8 nitrogen and oxygen atoms in total. The Kier molecular flexibility index (Phi) is 7.28. The summed E-state index contributed by atoms with van der Waals surface area (Å²) in [4.78, 5) is 17.5. The highest BCUT2D eigenvalue weighted by molar-refractivity contribution is 6.30. The van der Waals surface area contributed by atoms with Crippen LogP contribution >= 0.6 is 23.2 Å². The Morgan fingerprint density at radius 3 is 2.14 bits per heavy atom. The number of imidazole rings is 1. The van der Waals surface area contributed by atoms with E-state index < -0.39 is 30.6 Å². The number of benzene rings is 2. The van der Waals surface area contributed by atoms with Crippen molar-refractivity contribution in [2.45, 2.75) is 38.4 Å². The summed E-state index contributed by atoms with van der Waals surface area (Å²) in [5.74, 6) is 0.337. The summed E-state index contributed by atoms with van der Waals surface area (Å²) in [6.07, 6.45) is -7.31. The molecule has 0 unspecified atom stereocenters. The van der Waals surface area contributed by atoms with Gasteiger partial charge in [0.05, 0.1) is 24.5 Å². The molecule has 36 heavy (non-hydrogen) atoms. The molecule has 2 aromatic heterocycles. The van der Waals surface area contributed by atoms with Crippen LogP contribution < -0.4 is 5.69 Å². The average molecular weight is 542 g/mol. The van der Waals surface area contributed by atoms with E-state index >= 15 is 0 Å². The minimum atomic E-state index is -4.92. The molecule has 13 heteroatoms. The van der Waals surface area contributed by atoms with Gasteiger partial charge in [-0.05, 0) is 48.9 Å². The monoisotopic (exact) mass is 541 g/mol. The molecule has 0 amide bonds. The molecule has 2 heterocycles. The van der Waals surface area contributed by atoms with Gasteiger partial charge in [-0.2, -0.15) is 13.2 Å². The third-order valence-electron chi connectivity index (χ3n) is 5.37. The Bertz CT molecular complexity index is 1410. The molecular formula is C23H20Cl2F3N5O3. The van der Waals surface area contributed by atoms with Crippen molar-refractivity contribution in [3.05, 3.63) is 86.9 Å². The number of hydrogen-bond donors (Lipinski definition) is 2. The Labute approximate surface area is 212 Å². The van der Waals surface area contributed by atoms with Gasteiger partial charge in [-0.1, -0.05) is 35.3 Å². The molecule has 4 aromatic rings. The number of nitrogens with zero attached hydrogens (tertiary/aromatic N) is 5. The van der Waals surface area contributed by atoms with Gasteiger partial charge in [0.2, 0.25) is 0 Å². The van der Waals surface area contributed by atoms with E-state index in [1.165, 1.54) is 29.9 Å². The lowest BCUT2D eigenvalue weighted by Gasteiger charge is -2.16. The molecule has 0 saturated heterocycles. The molecule has 0 aliphatic carbocycles. The van der Waals surface area contributed by atoms with Crippen LogP contribution in [0.4, 0.5) is 13.2 Å². The van der Waals surface area contributed by atoms with Crippen LogP contribution in [0.15, 0.2) is 59.5 Å². The van der Waals surface area contributed by atoms with Crippen molar-refractivity contribution >= 4 is 23.2 Å². The second kappa shape index (κ2) is 10.1. The fourth-order valence-electron chi connectivity index (χ4n) is 3.53. The number of halogens is 5. The zero-order valence-corrected chi connectivity index (χ0v) is 20.2. The first-order valence-electron chi connectivity index (χ1n) is 10.6. The van der Waals surface area contributed by atoms with Crippen LogP contribution in [-0.4, -0.2) is 46.4 Å². The molecule has 0 radical (unpaired) electrons. The van der Waals surface area contributed by atoms with Crippen molar-refractivity contribution in [3.8, 4) is 16.9 Å². The van der Waals surface area contributed by atoms with Gasteiger partial charge in [0, 0.05) is 16.2 Å². The third-order valence-corrected chi connectivity index (χ3v) is 5.87. The molecule has 0 aliphatic rings. The SMILES string of the molecule is C[C@H](O)c1nc(Cn2cc(-c3ccc(Cl)cc3)n(C[C@H](O)C(F)(F)F)c2=O)n(-c2ccc(Cl)cc2)n1. The summed E-state index contributed by atoms with van der Waals surface area (Å²) in [5.41, 5.74) is 0.320. The number of alkyl halides is 3. The number of aromatic nitrogens is 5. The Morgan fingerprint density at radius 1 is 1.00 bits per heavy atom. The third kappa shape index (κ3) is 5.49. The number of aliphatic hydroxyl groups is 2. The van der Waals surface area contributed by atoms with E-state index in [-0.39, 0.29) is 23.9 Å². The first-order chi connectivity index (χ1) is 16.9. The minimum Gasteiger partial charge on any atom is -0.385 e. The van der Waals surface area contributed by atoms with Crippen molar-refractivity contribution in [2.75, 3.05) is 0 Å². The van der Waals surface area contributed by atoms with Crippen LogP contribution in [0.25, 0.3) is 16.9 Å². The summed E-state index contributed by atoms with van der Waals surface area (Å²) in [7, 11) is 0. The average Bonchev–Trinajstić information content (AvgIpc) is 3.37. The van der Waals surface area contributed by atoms with E-state index in [2.05, 4.69) is 10.1 Å². The first-order valence-corrected chi connectivity index (χ1v) is 11.4. The molecule has 2 N–H and O–H groups in total. The maximum Gasteiger partial charge on any atom is 0.416 e. The maximum atomic E-state index is 13.2. The molecule has 190 valence electrons. The van der Waals surface area contributed by atoms with E-state index in [9.17, 15) is 28.2 Å². The van der Waals surface area contributed by atoms with Crippen LogP contribution in [-0.2, 0) is 13.1 Å². The molecule has 0 saturated carbocycles. The lowest BCUT2D eigenvalue weighted by molar-refractivity contribution is -0.207. The Hall–Kier alpha value is -3.12. The molecule has 2 aromatic carbocycles. The predicted octanol–water partition coefficient (Wildman–Crippen LogP) is 4.23. The van der Waals surface area contributed by atoms with Crippen molar-refractivity contribution in [2.24, 2.45) is 0 Å². The maximum absolute atomic E-state index is 13.2. The Balaban J connectivity index is 1.81. The summed E-state index contributed by atoms with van der Waals surface area (Å²) in [6.45, 7) is 0.290. The quantitative estimate of drug-likeness (QED) is 0.365. The minimum absolute atomic E-state index is 0.0952. The van der Waals surface area contributed by atoms with Gasteiger partial charge in [0.25, 0.3) is 0 Å². The van der Waals surface area contributed by atoms with Crippen LogP contribution in [0, 0.1) is 0 Å². The Morgan fingerprint density at radius 2 is 1.58 bits per heavy atom. The fourth-order valence-corrected chi connectivity index (χ4v) is 3.78. The van der Waals surface area contributed by atoms with E-state index in [0.717, 1.165) is 9.13 Å². The van der Waals surface area contributed by atoms with Crippen molar-refractivity contribution in [1.29, 1.82) is 0 Å². The van der Waals surface area contributed by atoms with E-state index in [0.29, 0.717) is 21.3 Å². The molecular weight excluding hydrogens is 522 g/mol. The van der Waals surface area contributed by atoms with Crippen molar-refractivity contribution in [1.82, 2.24) is 23.9 Å². The lowest BCUT2D eigenvalue weighted by atomic mass is 10.1. The molecule has 2 atom stereocenters. The number of aliphatic hydroxyl groups excluding tert-OH is 2. The highest BCUT2D eigenvalue weighted by Crippen LogP contribution is 2.26. The van der Waals surface area contributed by atoms with Crippen LogP contribution in [0.3, 0.4) is 0 Å². The lowest BCUT2D eigenvalue weighted by Crippen LogP contribution is -2.37. The first kappa shape index (κ1) is 26.0. The van der Waals surface area contributed by atoms with Crippen molar-refractivity contribution in [3.63, 3.8) is 0 Å². The smallest absolute Gasteiger partial charge is 0.385 e. The summed E-state index contributed by atoms with van der Waals surface area (Å²) in [5, 5.41) is 24.9. The molecule has 0 spiro atoms. The van der Waals surface area contributed by atoms with Gasteiger partial charge in [-0.15, -0.1) is 5.10 Å². The second-order valence-corrected chi connectivity index (χ2v) is 8.92. The standard InChI is InChI=1S/C23H20Cl2F3N5O3/c1-13(34)21-29-20(33(30-21)17-8-6-16(25)7-9-17)12-31-10-18(14-2-4-15(24)5-3-14)32(22(31)36)11-19(35)23(26,27)28/h2-10,13,19,34-35H,11-12H2,1H3/t13-,19-/m0/s1. The molecule has 0 aliphatic heterocycles. The largest absolute Gasteiger partial charge is 0.416 e. The molecule has 0 bridgehead atoms. The normalized spacial score (nSPS) is 13.7. The van der Waals surface area contributed by atoms with E-state index in [4.69, 9.17) is 23.2 Å². The zero-order chi connectivity index (χ0) is 26.2. The van der Waals surface area contributed by atoms with Crippen LogP contribution in [0.2, 0.25) is 10.0 Å². The molecule has 0 fully saturated rings. The number of hydrogen-bond acceptors (Lipinski definition) is 5. The van der Waals surface area contributed by atoms with Gasteiger partial charge in [-0.3, -0.25) is 9.13 Å². The van der Waals surface area contributed by atoms with E-state index in [1.54, 1.807) is 36.4 Å². The van der Waals surface area contributed by atoms with Crippen LogP contribution in [0.5, 0.6) is 0 Å². The van der Waals surface area contributed by atoms with Gasteiger partial charge in [-0.25, -0.2) is 14.5 Å². The summed E-state index contributed by atoms with van der Waals surface area (Å²) in [6, 6.07) is 12.8. The van der Waals surface area contributed by atoms with Crippen LogP contribution in [0.1, 0.15) is 24.7 Å². The predicted molar refractivity (Wildman–Crippen MR) is 127 cm³/mol. The van der Waals surface area contributed by atoms with E-state index in [1.807, 2.05) is 0 Å². The summed E-state index contributed by atoms with van der Waals surface area (Å²) < 4.78 is 42.8. The highest BCUT2D eigenvalue weighted by atomic mass is 35.5. The molecule has 4 rings (SSSR count). The zero-order valence-electron chi connectivity index (χ0n) is 18.7. The second-order valence-electron chi connectivity index (χ2n) is 8.05. The highest BCUT2D eigenvalue weighted by Gasteiger charge is 2.39. The number of rotatable bonds is 7. The fraction of sp³-hybridized carbons (Fsp3) is 0.261. The van der Waals surface area contributed by atoms with Gasteiger partial charge in [0.1, 0.15) is 6.10 Å². The van der Waals surface area contributed by atoms with Gasteiger partial charge in [0.15, 0.2) is 17.8 Å². The van der Waals surface area contributed by atoms with Gasteiger partial charge >= 0.3 is 11.9 Å².